The summed E-state index contributed by atoms with van der Waals surface area (Å²) >= 11 is 0. The molecule has 1 unspecified atom stereocenters. The molecule has 0 amide bonds. The predicted octanol–water partition coefficient (Wildman–Crippen LogP) is 5.60. The number of ether oxygens (including phenoxy) is 2. The number of hydrogen-bond donors (Lipinski definition) is 0. The first-order valence-electron chi connectivity index (χ1n) is 9.50. The Hall–Kier alpha value is -3.37. The molecule has 4 nitrogen and oxygen atoms in total. The average molecular weight is 385 g/mol. The number of para-hydroxylation sites is 1. The molecule has 0 aliphatic rings. The van der Waals surface area contributed by atoms with Crippen LogP contribution in [0, 0.1) is 6.92 Å². The van der Waals surface area contributed by atoms with Crippen molar-refractivity contribution in [1.29, 1.82) is 0 Å². The van der Waals surface area contributed by atoms with Crippen LogP contribution in [0.1, 0.15) is 27.7 Å². The summed E-state index contributed by atoms with van der Waals surface area (Å²) in [6.07, 6.45) is -0.272. The Morgan fingerprint density at radius 2 is 1.59 bits per heavy atom. The van der Waals surface area contributed by atoms with E-state index in [-0.39, 0.29) is 12.2 Å². The average Bonchev–Trinajstić information content (AvgIpc) is 3.14. The molecule has 1 atom stereocenters. The van der Waals surface area contributed by atoms with Crippen LogP contribution >= 0.6 is 0 Å². The number of methoxy groups -OCH3 is 2. The summed E-state index contributed by atoms with van der Waals surface area (Å²) < 4.78 is 13.0. The number of esters is 1. The van der Waals surface area contributed by atoms with Crippen molar-refractivity contribution in [3.05, 3.63) is 95.6 Å². The Labute approximate surface area is 170 Å². The van der Waals surface area contributed by atoms with Gasteiger partial charge in [-0.1, -0.05) is 60.2 Å². The monoisotopic (exact) mass is 385 g/mol. The van der Waals surface area contributed by atoms with Gasteiger partial charge >= 0.3 is 5.97 Å². The minimum Gasteiger partial charge on any atom is -0.465 e. The SMILES string of the molecule is COC(=O)c1ccc(-c2cc3ccccc3n2C(OC)c2ccc(C)cc2)cc1. The summed E-state index contributed by atoms with van der Waals surface area (Å²) in [5.41, 5.74) is 5.93. The minimum atomic E-state index is -0.341. The van der Waals surface area contributed by atoms with E-state index in [1.54, 1.807) is 19.2 Å². The van der Waals surface area contributed by atoms with E-state index < -0.39 is 0 Å². The fraction of sp³-hybridized carbons (Fsp3) is 0.160. The topological polar surface area (TPSA) is 40.5 Å². The number of hydrogen-bond acceptors (Lipinski definition) is 3. The van der Waals surface area contributed by atoms with E-state index >= 15 is 0 Å². The summed E-state index contributed by atoms with van der Waals surface area (Å²) in [5.74, 6) is -0.341. The van der Waals surface area contributed by atoms with Crippen molar-refractivity contribution in [3.8, 4) is 11.3 Å². The van der Waals surface area contributed by atoms with E-state index in [1.165, 1.54) is 12.7 Å². The molecule has 1 heterocycles. The quantitative estimate of drug-likeness (QED) is 0.420. The van der Waals surface area contributed by atoms with Crippen molar-refractivity contribution in [1.82, 2.24) is 4.57 Å². The molecule has 3 aromatic carbocycles. The number of benzene rings is 3. The van der Waals surface area contributed by atoms with E-state index in [4.69, 9.17) is 9.47 Å². The standard InChI is InChI=1S/C25H23NO3/c1-17-8-10-19(11-9-17)24(28-2)26-22-7-5-4-6-21(22)16-23(26)18-12-14-20(15-13-18)25(27)29-3/h4-16,24H,1-3H3. The van der Waals surface area contributed by atoms with Gasteiger partial charge < -0.3 is 14.0 Å². The van der Waals surface area contributed by atoms with Crippen molar-refractivity contribution in [2.75, 3.05) is 14.2 Å². The second kappa shape index (κ2) is 7.94. The van der Waals surface area contributed by atoms with E-state index in [2.05, 4.69) is 54.0 Å². The molecule has 1 aromatic heterocycles. The molecule has 0 N–H and O–H groups in total. The molecule has 0 aliphatic heterocycles. The van der Waals surface area contributed by atoms with Crippen LogP contribution in [-0.2, 0) is 9.47 Å². The maximum atomic E-state index is 11.8. The highest BCUT2D eigenvalue weighted by Gasteiger charge is 2.20. The molecule has 0 aliphatic carbocycles. The van der Waals surface area contributed by atoms with Crippen LogP contribution in [0.5, 0.6) is 0 Å². The summed E-state index contributed by atoms with van der Waals surface area (Å²) in [6, 6.07) is 26.3. The Morgan fingerprint density at radius 3 is 2.24 bits per heavy atom. The molecule has 4 rings (SSSR count). The number of carbonyl (C=O) groups excluding carboxylic acids is 1. The molecule has 4 heteroatoms. The fourth-order valence-electron chi connectivity index (χ4n) is 3.67. The van der Waals surface area contributed by atoms with Crippen LogP contribution in [-0.4, -0.2) is 24.8 Å². The molecule has 29 heavy (non-hydrogen) atoms. The van der Waals surface area contributed by atoms with Crippen LogP contribution in [0.2, 0.25) is 0 Å². The lowest BCUT2D eigenvalue weighted by Gasteiger charge is -2.22. The van der Waals surface area contributed by atoms with Crippen molar-refractivity contribution < 1.29 is 14.3 Å². The van der Waals surface area contributed by atoms with Crippen molar-refractivity contribution in [2.24, 2.45) is 0 Å². The number of aryl methyl sites for hydroxylation is 1. The second-order valence-corrected chi connectivity index (χ2v) is 7.03. The van der Waals surface area contributed by atoms with Gasteiger partial charge in [0.1, 0.15) is 0 Å². The number of aromatic nitrogens is 1. The summed E-state index contributed by atoms with van der Waals surface area (Å²) in [5, 5.41) is 1.13. The van der Waals surface area contributed by atoms with Crippen molar-refractivity contribution >= 4 is 16.9 Å². The zero-order valence-corrected chi connectivity index (χ0v) is 16.8. The Morgan fingerprint density at radius 1 is 0.897 bits per heavy atom. The van der Waals surface area contributed by atoms with Crippen molar-refractivity contribution in [2.45, 2.75) is 13.2 Å². The van der Waals surface area contributed by atoms with Gasteiger partial charge in [0, 0.05) is 18.1 Å². The molecule has 0 spiro atoms. The molecular formula is C25H23NO3. The number of rotatable bonds is 5. The maximum absolute atomic E-state index is 11.8. The molecule has 0 radical (unpaired) electrons. The van der Waals surface area contributed by atoms with Crippen LogP contribution in [0.3, 0.4) is 0 Å². The van der Waals surface area contributed by atoms with Crippen LogP contribution in [0.4, 0.5) is 0 Å². The van der Waals surface area contributed by atoms with Gasteiger partial charge in [-0.25, -0.2) is 4.79 Å². The first-order chi connectivity index (χ1) is 14.1. The Balaban J connectivity index is 1.88. The summed E-state index contributed by atoms with van der Waals surface area (Å²) in [6.45, 7) is 2.07. The third-order valence-corrected chi connectivity index (χ3v) is 5.17. The third kappa shape index (κ3) is 3.55. The highest BCUT2D eigenvalue weighted by molar-refractivity contribution is 5.91. The Kier molecular flexibility index (Phi) is 5.19. The zero-order valence-electron chi connectivity index (χ0n) is 16.8. The highest BCUT2D eigenvalue weighted by atomic mass is 16.5. The minimum absolute atomic E-state index is 0.272. The number of nitrogens with zero attached hydrogens (tertiary/aromatic N) is 1. The first-order valence-corrected chi connectivity index (χ1v) is 9.50. The molecule has 0 bridgehead atoms. The number of carbonyl (C=O) groups is 1. The first kappa shape index (κ1) is 19.0. The van der Waals surface area contributed by atoms with Crippen molar-refractivity contribution in [3.63, 3.8) is 0 Å². The number of fused-ring (bicyclic) bond motifs is 1. The van der Waals surface area contributed by atoms with E-state index in [0.717, 1.165) is 27.7 Å². The van der Waals surface area contributed by atoms with Gasteiger partial charge in [0.05, 0.1) is 23.9 Å². The van der Waals surface area contributed by atoms with E-state index in [0.29, 0.717) is 5.56 Å². The molecule has 0 fully saturated rings. The lowest BCUT2D eigenvalue weighted by atomic mass is 10.1. The van der Waals surface area contributed by atoms with Crippen LogP contribution < -0.4 is 0 Å². The molecular weight excluding hydrogens is 362 g/mol. The zero-order chi connectivity index (χ0) is 20.4. The molecule has 0 saturated heterocycles. The van der Waals surface area contributed by atoms with Crippen LogP contribution in [0.15, 0.2) is 78.9 Å². The highest BCUT2D eigenvalue weighted by Crippen LogP contribution is 2.34. The van der Waals surface area contributed by atoms with Gasteiger partial charge in [0.15, 0.2) is 6.23 Å². The third-order valence-electron chi connectivity index (χ3n) is 5.17. The largest absolute Gasteiger partial charge is 0.465 e. The second-order valence-electron chi connectivity index (χ2n) is 7.03. The summed E-state index contributed by atoms with van der Waals surface area (Å²) in [4.78, 5) is 11.8. The lowest BCUT2D eigenvalue weighted by Crippen LogP contribution is -2.14. The normalized spacial score (nSPS) is 12.1. The molecule has 0 saturated carbocycles. The molecule has 146 valence electrons. The Bertz CT molecular complexity index is 1140. The van der Waals surface area contributed by atoms with E-state index in [1.807, 2.05) is 24.3 Å². The maximum Gasteiger partial charge on any atom is 0.337 e. The van der Waals surface area contributed by atoms with E-state index in [9.17, 15) is 4.79 Å². The lowest BCUT2D eigenvalue weighted by molar-refractivity contribution is 0.0600. The van der Waals surface area contributed by atoms with Gasteiger partial charge in [0.2, 0.25) is 0 Å². The summed E-state index contributed by atoms with van der Waals surface area (Å²) in [7, 11) is 3.11. The fourth-order valence-corrected chi connectivity index (χ4v) is 3.67. The van der Waals surface area contributed by atoms with Crippen LogP contribution in [0.25, 0.3) is 22.2 Å². The predicted molar refractivity (Wildman–Crippen MR) is 115 cm³/mol. The van der Waals surface area contributed by atoms with Gasteiger partial charge in [-0.15, -0.1) is 0 Å². The van der Waals surface area contributed by atoms with Gasteiger partial charge in [-0.2, -0.15) is 0 Å². The smallest absolute Gasteiger partial charge is 0.337 e. The van der Waals surface area contributed by atoms with Gasteiger partial charge in [0.25, 0.3) is 0 Å². The van der Waals surface area contributed by atoms with Gasteiger partial charge in [-0.3, -0.25) is 0 Å². The molecule has 4 aromatic rings. The van der Waals surface area contributed by atoms with Gasteiger partial charge in [-0.05, 0) is 36.8 Å².